The van der Waals surface area contributed by atoms with E-state index in [1.54, 1.807) is 12.1 Å². The number of unbranched alkanes of at least 4 members (excludes halogenated alkanes) is 1. The Labute approximate surface area is 121 Å². The van der Waals surface area contributed by atoms with Crippen molar-refractivity contribution >= 4 is 21.2 Å². The second-order valence-electron chi connectivity index (χ2n) is 5.07. The predicted octanol–water partition coefficient (Wildman–Crippen LogP) is 2.29. The Kier molecular flexibility index (Phi) is 6.29. The number of anilines is 2. The molecule has 0 radical (unpaired) electrons. The zero-order valence-corrected chi connectivity index (χ0v) is 13.2. The highest BCUT2D eigenvalue weighted by Gasteiger charge is 2.09. The van der Waals surface area contributed by atoms with Gasteiger partial charge in [0.1, 0.15) is 0 Å². The van der Waals surface area contributed by atoms with E-state index < -0.39 is 9.84 Å². The molecule has 0 saturated carbocycles. The molecule has 0 aliphatic rings. The average molecular weight is 300 g/mol. The summed E-state index contributed by atoms with van der Waals surface area (Å²) in [4.78, 5) is 0.242. The van der Waals surface area contributed by atoms with Gasteiger partial charge in [-0.2, -0.15) is 0 Å². The summed E-state index contributed by atoms with van der Waals surface area (Å²) in [5.74, 6) is 0. The topological polar surface area (TPSA) is 81.4 Å². The van der Waals surface area contributed by atoms with Gasteiger partial charge >= 0.3 is 0 Å². The monoisotopic (exact) mass is 300 g/mol. The first-order valence-electron chi connectivity index (χ1n) is 6.76. The number of hydrogen-bond acceptors (Lipinski definition) is 5. The molecular formula is C14H24N2O3S. The molecule has 0 bridgehead atoms. The molecular weight excluding hydrogens is 276 g/mol. The van der Waals surface area contributed by atoms with Crippen LogP contribution in [0.25, 0.3) is 0 Å². The van der Waals surface area contributed by atoms with Crippen molar-refractivity contribution < 1.29 is 13.2 Å². The van der Waals surface area contributed by atoms with E-state index in [0.29, 0.717) is 5.69 Å². The summed E-state index contributed by atoms with van der Waals surface area (Å²) in [6.45, 7) is 5.57. The lowest BCUT2D eigenvalue weighted by Gasteiger charge is -2.11. The Balaban J connectivity index is 2.42. The van der Waals surface area contributed by atoms with Crippen LogP contribution >= 0.6 is 0 Å². The zero-order valence-electron chi connectivity index (χ0n) is 12.3. The van der Waals surface area contributed by atoms with E-state index in [0.717, 1.165) is 31.7 Å². The molecule has 0 saturated heterocycles. The minimum atomic E-state index is -3.21. The molecule has 0 fully saturated rings. The molecule has 0 spiro atoms. The van der Waals surface area contributed by atoms with Crippen LogP contribution in [0.4, 0.5) is 11.4 Å². The Bertz CT molecular complexity index is 527. The third kappa shape index (κ3) is 5.79. The van der Waals surface area contributed by atoms with Crippen LogP contribution in [0.2, 0.25) is 0 Å². The molecule has 3 N–H and O–H groups in total. The van der Waals surface area contributed by atoms with E-state index in [1.807, 2.05) is 13.8 Å². The van der Waals surface area contributed by atoms with Gasteiger partial charge in [-0.15, -0.1) is 0 Å². The van der Waals surface area contributed by atoms with Gasteiger partial charge in [-0.1, -0.05) is 0 Å². The van der Waals surface area contributed by atoms with Crippen molar-refractivity contribution in [3.05, 3.63) is 18.2 Å². The van der Waals surface area contributed by atoms with Gasteiger partial charge in [0.25, 0.3) is 0 Å². The Morgan fingerprint density at radius 1 is 1.30 bits per heavy atom. The van der Waals surface area contributed by atoms with Crippen LogP contribution in [0.15, 0.2) is 23.1 Å². The number of nitrogens with two attached hydrogens (primary N) is 1. The van der Waals surface area contributed by atoms with Gasteiger partial charge in [-0.25, -0.2) is 8.42 Å². The predicted molar refractivity (Wildman–Crippen MR) is 82.8 cm³/mol. The SMILES string of the molecule is CC(C)OCCCCNc1ccc(S(C)(=O)=O)cc1N. The summed E-state index contributed by atoms with van der Waals surface area (Å²) < 4.78 is 28.2. The molecule has 0 aliphatic heterocycles. The molecule has 0 unspecified atom stereocenters. The van der Waals surface area contributed by atoms with Gasteiger partial charge in [-0.05, 0) is 44.9 Å². The van der Waals surface area contributed by atoms with E-state index >= 15 is 0 Å². The van der Waals surface area contributed by atoms with Crippen molar-refractivity contribution in [2.24, 2.45) is 0 Å². The third-order valence-corrected chi connectivity index (χ3v) is 3.90. The molecule has 5 nitrogen and oxygen atoms in total. The maximum absolute atomic E-state index is 11.4. The van der Waals surface area contributed by atoms with Crippen LogP contribution in [0.3, 0.4) is 0 Å². The van der Waals surface area contributed by atoms with Crippen LogP contribution in [-0.2, 0) is 14.6 Å². The fourth-order valence-electron chi connectivity index (χ4n) is 1.70. The lowest BCUT2D eigenvalue weighted by atomic mass is 10.2. The Hall–Kier alpha value is -1.27. The number of nitrogens with one attached hydrogen (secondary N) is 1. The molecule has 1 aromatic carbocycles. The normalized spacial score (nSPS) is 11.8. The second kappa shape index (κ2) is 7.50. The van der Waals surface area contributed by atoms with Crippen molar-refractivity contribution in [2.75, 3.05) is 30.5 Å². The Morgan fingerprint density at radius 2 is 2.00 bits per heavy atom. The summed E-state index contributed by atoms with van der Waals surface area (Å²) in [6.07, 6.45) is 3.39. The summed E-state index contributed by atoms with van der Waals surface area (Å²) in [5, 5.41) is 3.20. The van der Waals surface area contributed by atoms with Crippen molar-refractivity contribution in [1.29, 1.82) is 0 Å². The van der Waals surface area contributed by atoms with Crippen LogP contribution in [0, 0.1) is 0 Å². The van der Waals surface area contributed by atoms with Gasteiger partial charge < -0.3 is 15.8 Å². The summed E-state index contributed by atoms with van der Waals surface area (Å²) in [7, 11) is -3.21. The van der Waals surface area contributed by atoms with E-state index in [1.165, 1.54) is 12.3 Å². The molecule has 1 aromatic rings. The first-order chi connectivity index (χ1) is 9.30. The lowest BCUT2D eigenvalue weighted by molar-refractivity contribution is 0.0765. The largest absolute Gasteiger partial charge is 0.397 e. The second-order valence-corrected chi connectivity index (χ2v) is 7.09. The molecule has 0 heterocycles. The maximum atomic E-state index is 11.4. The molecule has 0 aromatic heterocycles. The molecule has 114 valence electrons. The lowest BCUT2D eigenvalue weighted by Crippen LogP contribution is -2.08. The van der Waals surface area contributed by atoms with Gasteiger partial charge in [0.05, 0.1) is 22.4 Å². The van der Waals surface area contributed by atoms with E-state index in [9.17, 15) is 8.42 Å². The first-order valence-corrected chi connectivity index (χ1v) is 8.65. The van der Waals surface area contributed by atoms with Crippen LogP contribution < -0.4 is 11.1 Å². The van der Waals surface area contributed by atoms with Crippen molar-refractivity contribution in [3.63, 3.8) is 0 Å². The summed E-state index contributed by atoms with van der Waals surface area (Å²) in [5.41, 5.74) is 7.06. The van der Waals surface area contributed by atoms with Crippen LogP contribution in [0.5, 0.6) is 0 Å². The molecule has 6 heteroatoms. The minimum Gasteiger partial charge on any atom is -0.397 e. The number of sulfone groups is 1. The molecule has 1 rings (SSSR count). The molecule has 0 atom stereocenters. The quantitative estimate of drug-likeness (QED) is 0.568. The first kappa shape index (κ1) is 16.8. The highest BCUT2D eigenvalue weighted by atomic mass is 32.2. The number of benzene rings is 1. The number of nitrogen functional groups attached to an aromatic ring is 1. The van der Waals surface area contributed by atoms with Gasteiger partial charge in [0, 0.05) is 19.4 Å². The van der Waals surface area contributed by atoms with Crippen LogP contribution in [0.1, 0.15) is 26.7 Å². The van der Waals surface area contributed by atoms with Crippen molar-refractivity contribution in [2.45, 2.75) is 37.7 Å². The van der Waals surface area contributed by atoms with Gasteiger partial charge in [0.2, 0.25) is 0 Å². The zero-order chi connectivity index (χ0) is 15.2. The van der Waals surface area contributed by atoms with Gasteiger partial charge in [-0.3, -0.25) is 0 Å². The molecule has 0 aliphatic carbocycles. The summed E-state index contributed by atoms with van der Waals surface area (Å²) in [6, 6.07) is 4.76. The number of hydrogen-bond donors (Lipinski definition) is 2. The highest BCUT2D eigenvalue weighted by molar-refractivity contribution is 7.90. The standard InChI is InChI=1S/C14H24N2O3S/c1-11(2)19-9-5-4-8-16-14-7-6-12(10-13(14)15)20(3,17)18/h6-7,10-11,16H,4-5,8-9,15H2,1-3H3. The molecule has 0 amide bonds. The number of rotatable bonds is 8. The highest BCUT2D eigenvalue weighted by Crippen LogP contribution is 2.22. The summed E-state index contributed by atoms with van der Waals surface area (Å²) >= 11 is 0. The molecule has 20 heavy (non-hydrogen) atoms. The minimum absolute atomic E-state index is 0.242. The van der Waals surface area contributed by atoms with E-state index in [4.69, 9.17) is 10.5 Å². The Morgan fingerprint density at radius 3 is 2.55 bits per heavy atom. The fourth-order valence-corrected chi connectivity index (χ4v) is 2.36. The van der Waals surface area contributed by atoms with Crippen molar-refractivity contribution in [1.82, 2.24) is 0 Å². The van der Waals surface area contributed by atoms with E-state index in [2.05, 4.69) is 5.32 Å². The maximum Gasteiger partial charge on any atom is 0.175 e. The van der Waals surface area contributed by atoms with Crippen LogP contribution in [-0.4, -0.2) is 33.9 Å². The average Bonchev–Trinajstić information content (AvgIpc) is 2.33. The third-order valence-electron chi connectivity index (χ3n) is 2.79. The van der Waals surface area contributed by atoms with Crippen molar-refractivity contribution in [3.8, 4) is 0 Å². The fraction of sp³-hybridized carbons (Fsp3) is 0.571. The number of ether oxygens (including phenoxy) is 1. The van der Waals surface area contributed by atoms with Gasteiger partial charge in [0.15, 0.2) is 9.84 Å². The van der Waals surface area contributed by atoms with E-state index in [-0.39, 0.29) is 11.0 Å². The smallest absolute Gasteiger partial charge is 0.175 e.